The summed E-state index contributed by atoms with van der Waals surface area (Å²) in [5.74, 6) is 2.22. The summed E-state index contributed by atoms with van der Waals surface area (Å²) in [5, 5.41) is 0. The first-order chi connectivity index (χ1) is 6.73. The zero-order valence-electron chi connectivity index (χ0n) is 10.0. The molecule has 0 saturated heterocycles. The van der Waals surface area contributed by atoms with Gasteiger partial charge >= 0.3 is 0 Å². The van der Waals surface area contributed by atoms with E-state index < -0.39 is 0 Å². The molecule has 3 fully saturated rings. The molecule has 3 aliphatic carbocycles. The Hall–Kier alpha value is 0. The Bertz CT molecular complexity index is 174. The molecule has 0 heteroatoms. The van der Waals surface area contributed by atoms with E-state index in [0.717, 1.165) is 17.3 Å². The molecule has 3 aliphatic rings. The number of hydrogen-bond acceptors (Lipinski definition) is 0. The highest BCUT2D eigenvalue weighted by Gasteiger charge is 2.41. The maximum atomic E-state index is 2.54. The molecular weight excluding hydrogens is 168 g/mol. The van der Waals surface area contributed by atoms with Gasteiger partial charge in [0.1, 0.15) is 0 Å². The van der Waals surface area contributed by atoms with Gasteiger partial charge in [-0.25, -0.2) is 0 Å². The van der Waals surface area contributed by atoms with Crippen LogP contribution in [0, 0.1) is 17.3 Å². The average Bonchev–Trinajstić information content (AvgIpc) is 2.18. The van der Waals surface area contributed by atoms with Crippen LogP contribution in [0.3, 0.4) is 0 Å². The quantitative estimate of drug-likeness (QED) is 0.565. The molecule has 0 N–H and O–H groups in total. The van der Waals surface area contributed by atoms with Crippen molar-refractivity contribution in [3.8, 4) is 0 Å². The summed E-state index contributed by atoms with van der Waals surface area (Å²) in [5.41, 5.74) is 0.756. The zero-order chi connectivity index (χ0) is 10.0. The molecule has 3 saturated carbocycles. The second-order valence-electron chi connectivity index (χ2n) is 6.11. The van der Waals surface area contributed by atoms with Crippen LogP contribution in [-0.2, 0) is 0 Å². The molecule has 0 aromatic rings. The summed E-state index contributed by atoms with van der Waals surface area (Å²) in [6.45, 7) is 4.85. The summed E-state index contributed by atoms with van der Waals surface area (Å²) in [6, 6.07) is 0. The summed E-state index contributed by atoms with van der Waals surface area (Å²) in [6.07, 6.45) is 13.6. The van der Waals surface area contributed by atoms with E-state index in [0.29, 0.717) is 0 Å². The Morgan fingerprint density at radius 3 is 2.43 bits per heavy atom. The molecule has 0 aliphatic heterocycles. The predicted molar refractivity (Wildman–Crippen MR) is 62.3 cm³/mol. The van der Waals surface area contributed by atoms with Crippen LogP contribution in [0.5, 0.6) is 0 Å². The SMILES string of the molecule is CCCCCC1CC2(C)CCC1CC2. The summed E-state index contributed by atoms with van der Waals surface area (Å²) < 4.78 is 0. The molecule has 0 heterocycles. The van der Waals surface area contributed by atoms with E-state index in [-0.39, 0.29) is 0 Å². The largest absolute Gasteiger partial charge is 0.0654 e. The molecule has 2 bridgehead atoms. The Labute approximate surface area is 89.5 Å². The fraction of sp³-hybridized carbons (Fsp3) is 1.00. The van der Waals surface area contributed by atoms with Gasteiger partial charge in [-0.1, -0.05) is 39.5 Å². The van der Waals surface area contributed by atoms with Crippen LogP contribution in [0.25, 0.3) is 0 Å². The Balaban J connectivity index is 1.82. The van der Waals surface area contributed by atoms with Crippen LogP contribution in [0.2, 0.25) is 0 Å². The lowest BCUT2D eigenvalue weighted by Crippen LogP contribution is -2.38. The van der Waals surface area contributed by atoms with Crippen LogP contribution < -0.4 is 0 Å². The molecule has 82 valence electrons. The van der Waals surface area contributed by atoms with Gasteiger partial charge in [0, 0.05) is 0 Å². The van der Waals surface area contributed by atoms with Crippen LogP contribution >= 0.6 is 0 Å². The summed E-state index contributed by atoms with van der Waals surface area (Å²) in [7, 11) is 0. The van der Waals surface area contributed by atoms with Crippen LogP contribution in [0.1, 0.15) is 71.6 Å². The first-order valence-corrected chi connectivity index (χ1v) is 6.73. The highest BCUT2D eigenvalue weighted by atomic mass is 14.5. The van der Waals surface area contributed by atoms with Gasteiger partial charge < -0.3 is 0 Å². The standard InChI is InChI=1S/C14H26/c1-3-4-5-6-13-11-14(2)9-7-12(13)8-10-14/h12-13H,3-11H2,1-2H3. The number of rotatable bonds is 4. The lowest BCUT2D eigenvalue weighted by Gasteiger charge is -2.49. The monoisotopic (exact) mass is 194 g/mol. The Morgan fingerprint density at radius 2 is 1.86 bits per heavy atom. The van der Waals surface area contributed by atoms with Crippen LogP contribution in [0.15, 0.2) is 0 Å². The molecule has 1 unspecified atom stereocenters. The van der Waals surface area contributed by atoms with Gasteiger partial charge in [0.15, 0.2) is 0 Å². The van der Waals surface area contributed by atoms with Crippen molar-refractivity contribution in [3.63, 3.8) is 0 Å². The molecule has 0 aromatic carbocycles. The van der Waals surface area contributed by atoms with Gasteiger partial charge in [0.25, 0.3) is 0 Å². The van der Waals surface area contributed by atoms with E-state index >= 15 is 0 Å². The second kappa shape index (κ2) is 4.24. The molecule has 14 heavy (non-hydrogen) atoms. The minimum atomic E-state index is 0.756. The highest BCUT2D eigenvalue weighted by molar-refractivity contribution is 4.93. The second-order valence-corrected chi connectivity index (χ2v) is 6.11. The lowest BCUT2D eigenvalue weighted by molar-refractivity contribution is 0.0202. The van der Waals surface area contributed by atoms with Crippen molar-refractivity contribution in [2.75, 3.05) is 0 Å². The molecule has 0 amide bonds. The van der Waals surface area contributed by atoms with Crippen molar-refractivity contribution in [3.05, 3.63) is 0 Å². The summed E-state index contributed by atoms with van der Waals surface area (Å²) in [4.78, 5) is 0. The van der Waals surface area contributed by atoms with Crippen molar-refractivity contribution in [1.29, 1.82) is 0 Å². The molecular formula is C14H26. The zero-order valence-corrected chi connectivity index (χ0v) is 10.0. The third kappa shape index (κ3) is 2.15. The lowest BCUT2D eigenvalue weighted by atomic mass is 9.56. The first-order valence-electron chi connectivity index (χ1n) is 6.73. The fourth-order valence-electron chi connectivity index (χ4n) is 3.81. The Kier molecular flexibility index (Phi) is 3.19. The van der Waals surface area contributed by atoms with Gasteiger partial charge in [-0.05, 0) is 49.4 Å². The van der Waals surface area contributed by atoms with Gasteiger partial charge in [-0.2, -0.15) is 0 Å². The molecule has 1 atom stereocenters. The Morgan fingerprint density at radius 1 is 1.14 bits per heavy atom. The maximum absolute atomic E-state index is 2.54. The van der Waals surface area contributed by atoms with Crippen LogP contribution in [-0.4, -0.2) is 0 Å². The average molecular weight is 194 g/mol. The molecule has 3 rings (SSSR count). The molecule has 0 radical (unpaired) electrons. The first kappa shape index (κ1) is 10.5. The third-order valence-corrected chi connectivity index (χ3v) is 4.84. The van der Waals surface area contributed by atoms with Gasteiger partial charge in [-0.15, -0.1) is 0 Å². The van der Waals surface area contributed by atoms with Crippen molar-refractivity contribution in [2.45, 2.75) is 71.6 Å². The number of fused-ring (bicyclic) bond motifs is 3. The van der Waals surface area contributed by atoms with Crippen LogP contribution in [0.4, 0.5) is 0 Å². The molecule has 0 aromatic heterocycles. The molecule has 0 nitrogen and oxygen atoms in total. The van der Waals surface area contributed by atoms with Crippen molar-refractivity contribution in [1.82, 2.24) is 0 Å². The maximum Gasteiger partial charge on any atom is -0.0323 e. The minimum Gasteiger partial charge on any atom is -0.0654 e. The molecule has 0 spiro atoms. The van der Waals surface area contributed by atoms with E-state index in [1.54, 1.807) is 19.3 Å². The predicted octanol–water partition coefficient (Wildman–Crippen LogP) is 4.78. The smallest absolute Gasteiger partial charge is 0.0323 e. The van der Waals surface area contributed by atoms with Gasteiger partial charge in [0.2, 0.25) is 0 Å². The van der Waals surface area contributed by atoms with E-state index in [1.807, 2.05) is 0 Å². The minimum absolute atomic E-state index is 0.756. The van der Waals surface area contributed by atoms with E-state index in [4.69, 9.17) is 0 Å². The number of unbranched alkanes of at least 4 members (excludes halogenated alkanes) is 2. The topological polar surface area (TPSA) is 0 Å². The highest BCUT2D eigenvalue weighted by Crippen LogP contribution is 2.53. The van der Waals surface area contributed by atoms with Gasteiger partial charge in [-0.3, -0.25) is 0 Å². The van der Waals surface area contributed by atoms with Crippen molar-refractivity contribution in [2.24, 2.45) is 17.3 Å². The van der Waals surface area contributed by atoms with E-state index in [9.17, 15) is 0 Å². The van der Waals surface area contributed by atoms with Crippen molar-refractivity contribution >= 4 is 0 Å². The van der Waals surface area contributed by atoms with E-state index in [1.165, 1.54) is 38.5 Å². The van der Waals surface area contributed by atoms with E-state index in [2.05, 4.69) is 13.8 Å². The van der Waals surface area contributed by atoms with Gasteiger partial charge in [0.05, 0.1) is 0 Å². The number of hydrogen-bond donors (Lipinski definition) is 0. The summed E-state index contributed by atoms with van der Waals surface area (Å²) >= 11 is 0. The van der Waals surface area contributed by atoms with Crippen molar-refractivity contribution < 1.29 is 0 Å². The fourth-order valence-corrected chi connectivity index (χ4v) is 3.81. The third-order valence-electron chi connectivity index (χ3n) is 4.84. The normalized spacial score (nSPS) is 41.6.